The van der Waals surface area contributed by atoms with Gasteiger partial charge in [0.05, 0.1) is 13.2 Å². The maximum absolute atomic E-state index is 13.8. The number of imidazole rings is 1. The van der Waals surface area contributed by atoms with Gasteiger partial charge in [-0.15, -0.1) is 10.2 Å². The molecule has 1 aliphatic rings. The Morgan fingerprint density at radius 2 is 1.75 bits per heavy atom. The molecule has 40 heavy (non-hydrogen) atoms. The molecule has 0 amide bonds. The lowest BCUT2D eigenvalue weighted by Gasteiger charge is -2.14. The molecular weight excluding hydrogens is 508 g/mol. The number of rotatable bonds is 10. The molecule has 0 spiro atoms. The lowest BCUT2D eigenvalue weighted by atomic mass is 9.98. The summed E-state index contributed by atoms with van der Waals surface area (Å²) >= 11 is 0. The van der Waals surface area contributed by atoms with Gasteiger partial charge in [-0.25, -0.2) is 9.78 Å². The number of methoxy groups -OCH3 is 1. The summed E-state index contributed by atoms with van der Waals surface area (Å²) in [6, 6.07) is 16.2. The standard InChI is InChI=1S/C29H32N8O3/c1-18(2)26-30-27-24(28(38)37(17-19-8-9-19)29(39)35(27)14-15-40-3)36(26)16-20-10-12-21(13-11-20)22-6-4-5-7-23(22)25-31-33-34-32-25/h4-7,10-13,18-19H,8-9,14-17H2,1-3H3,(H,31,32,33,34). The van der Waals surface area contributed by atoms with E-state index in [0.29, 0.717) is 49.1 Å². The summed E-state index contributed by atoms with van der Waals surface area (Å²) in [6.45, 7) is 5.69. The van der Waals surface area contributed by atoms with Gasteiger partial charge in [-0.2, -0.15) is 5.21 Å². The molecule has 0 aliphatic heterocycles. The Kier molecular flexibility index (Phi) is 6.89. The Morgan fingerprint density at radius 1 is 1.00 bits per heavy atom. The number of ether oxygens (including phenoxy) is 1. The van der Waals surface area contributed by atoms with Crippen molar-refractivity contribution in [3.8, 4) is 22.5 Å². The molecule has 0 unspecified atom stereocenters. The van der Waals surface area contributed by atoms with Gasteiger partial charge in [-0.1, -0.05) is 62.4 Å². The predicted octanol–water partition coefficient (Wildman–Crippen LogP) is 3.43. The first-order valence-electron chi connectivity index (χ1n) is 13.6. The molecule has 1 aliphatic carbocycles. The number of hydrogen-bond donors (Lipinski definition) is 1. The summed E-state index contributed by atoms with van der Waals surface area (Å²) in [4.78, 5) is 32.1. The van der Waals surface area contributed by atoms with Crippen molar-refractivity contribution >= 4 is 11.2 Å². The van der Waals surface area contributed by atoms with Crippen molar-refractivity contribution in [1.29, 1.82) is 0 Å². The highest BCUT2D eigenvalue weighted by Crippen LogP contribution is 2.31. The third-order valence-corrected chi connectivity index (χ3v) is 7.44. The second-order valence-corrected chi connectivity index (χ2v) is 10.6. The van der Waals surface area contributed by atoms with E-state index in [4.69, 9.17) is 9.72 Å². The van der Waals surface area contributed by atoms with Gasteiger partial charge in [0.25, 0.3) is 5.56 Å². The van der Waals surface area contributed by atoms with Crippen molar-refractivity contribution in [2.45, 2.75) is 52.2 Å². The second kappa shape index (κ2) is 10.6. The summed E-state index contributed by atoms with van der Waals surface area (Å²) in [5.41, 5.74) is 4.22. The molecule has 3 aromatic heterocycles. The number of aromatic nitrogens is 8. The van der Waals surface area contributed by atoms with Crippen molar-refractivity contribution in [2.24, 2.45) is 5.92 Å². The maximum atomic E-state index is 13.8. The first kappa shape index (κ1) is 25.9. The molecule has 1 N–H and O–H groups in total. The molecule has 3 heterocycles. The summed E-state index contributed by atoms with van der Waals surface area (Å²) in [5.74, 6) is 1.74. The van der Waals surface area contributed by atoms with Gasteiger partial charge >= 0.3 is 5.69 Å². The van der Waals surface area contributed by atoms with Crippen LogP contribution >= 0.6 is 0 Å². The number of H-pyrrole nitrogens is 1. The van der Waals surface area contributed by atoms with Crippen LogP contribution < -0.4 is 11.2 Å². The van der Waals surface area contributed by atoms with Crippen molar-refractivity contribution < 1.29 is 4.74 Å². The number of tetrazole rings is 1. The van der Waals surface area contributed by atoms with Gasteiger partial charge in [-0.05, 0) is 40.7 Å². The fourth-order valence-corrected chi connectivity index (χ4v) is 5.19. The third-order valence-electron chi connectivity index (χ3n) is 7.44. The molecule has 206 valence electrons. The highest BCUT2D eigenvalue weighted by atomic mass is 16.5. The van der Waals surface area contributed by atoms with Crippen LogP contribution in [-0.4, -0.2) is 53.0 Å². The second-order valence-electron chi connectivity index (χ2n) is 10.6. The first-order chi connectivity index (χ1) is 19.5. The van der Waals surface area contributed by atoms with E-state index < -0.39 is 0 Å². The van der Waals surface area contributed by atoms with E-state index >= 15 is 0 Å². The largest absolute Gasteiger partial charge is 0.383 e. The highest BCUT2D eigenvalue weighted by Gasteiger charge is 2.27. The minimum atomic E-state index is -0.314. The van der Waals surface area contributed by atoms with Crippen LogP contribution in [0.2, 0.25) is 0 Å². The Bertz CT molecular complexity index is 1760. The Labute approximate surface area is 230 Å². The van der Waals surface area contributed by atoms with Gasteiger partial charge in [0.1, 0.15) is 5.82 Å². The van der Waals surface area contributed by atoms with E-state index in [1.54, 1.807) is 11.7 Å². The topological polar surface area (TPSA) is 126 Å². The highest BCUT2D eigenvalue weighted by molar-refractivity contribution is 5.80. The number of nitrogens with zero attached hydrogens (tertiary/aromatic N) is 7. The van der Waals surface area contributed by atoms with Crippen LogP contribution in [0.25, 0.3) is 33.7 Å². The molecule has 2 aromatic carbocycles. The molecule has 6 rings (SSSR count). The number of benzene rings is 2. The van der Waals surface area contributed by atoms with E-state index in [1.807, 2.05) is 28.8 Å². The van der Waals surface area contributed by atoms with E-state index in [9.17, 15) is 9.59 Å². The SMILES string of the molecule is COCCn1c(=O)n(CC2CC2)c(=O)c2c1nc(C(C)C)n2Cc1ccc(-c2ccccc2-c2nn[nH]n2)cc1. The summed E-state index contributed by atoms with van der Waals surface area (Å²) in [7, 11) is 1.60. The van der Waals surface area contributed by atoms with Crippen LogP contribution in [0.4, 0.5) is 0 Å². The van der Waals surface area contributed by atoms with Crippen LogP contribution in [-0.2, 0) is 24.4 Å². The van der Waals surface area contributed by atoms with Gasteiger partial charge in [0.2, 0.25) is 5.82 Å². The van der Waals surface area contributed by atoms with Gasteiger partial charge in [0.15, 0.2) is 11.2 Å². The van der Waals surface area contributed by atoms with E-state index in [0.717, 1.165) is 40.9 Å². The van der Waals surface area contributed by atoms with Crippen molar-refractivity contribution in [3.63, 3.8) is 0 Å². The Hall–Kier alpha value is -4.38. The van der Waals surface area contributed by atoms with Crippen LogP contribution in [0.5, 0.6) is 0 Å². The van der Waals surface area contributed by atoms with E-state index in [2.05, 4.69) is 58.7 Å². The molecule has 0 saturated heterocycles. The number of fused-ring (bicyclic) bond motifs is 1. The van der Waals surface area contributed by atoms with E-state index in [1.165, 1.54) is 4.57 Å². The van der Waals surface area contributed by atoms with Crippen LogP contribution in [0, 0.1) is 5.92 Å². The van der Waals surface area contributed by atoms with Gasteiger partial charge in [-0.3, -0.25) is 13.9 Å². The lowest BCUT2D eigenvalue weighted by molar-refractivity contribution is 0.186. The molecule has 0 atom stereocenters. The average Bonchev–Trinajstić information content (AvgIpc) is 3.46. The third kappa shape index (κ3) is 4.77. The fraction of sp³-hybridized carbons (Fsp3) is 0.379. The molecule has 1 saturated carbocycles. The number of aromatic amines is 1. The van der Waals surface area contributed by atoms with Crippen molar-refractivity contribution in [3.05, 3.63) is 80.8 Å². The Balaban J connectivity index is 1.43. The summed E-state index contributed by atoms with van der Waals surface area (Å²) in [6.07, 6.45) is 2.08. The van der Waals surface area contributed by atoms with E-state index in [-0.39, 0.29) is 17.2 Å². The van der Waals surface area contributed by atoms with Gasteiger partial charge in [0, 0.05) is 31.7 Å². The zero-order valence-corrected chi connectivity index (χ0v) is 22.9. The molecule has 11 heteroatoms. The molecule has 5 aromatic rings. The molecule has 1 fully saturated rings. The molecule has 0 radical (unpaired) electrons. The minimum absolute atomic E-state index is 0.0516. The number of hydrogen-bond acceptors (Lipinski definition) is 7. The molecule has 11 nitrogen and oxygen atoms in total. The minimum Gasteiger partial charge on any atom is -0.383 e. The zero-order chi connectivity index (χ0) is 27.8. The zero-order valence-electron chi connectivity index (χ0n) is 22.9. The van der Waals surface area contributed by atoms with Crippen molar-refractivity contribution in [2.75, 3.05) is 13.7 Å². The lowest BCUT2D eigenvalue weighted by Crippen LogP contribution is -2.41. The number of nitrogens with one attached hydrogen (secondary N) is 1. The van der Waals surface area contributed by atoms with Crippen LogP contribution in [0.3, 0.4) is 0 Å². The maximum Gasteiger partial charge on any atom is 0.332 e. The first-order valence-corrected chi connectivity index (χ1v) is 13.6. The van der Waals surface area contributed by atoms with Crippen LogP contribution in [0.15, 0.2) is 58.1 Å². The smallest absolute Gasteiger partial charge is 0.332 e. The predicted molar refractivity (Wildman–Crippen MR) is 151 cm³/mol. The normalized spacial score (nSPS) is 13.5. The average molecular weight is 541 g/mol. The molecule has 0 bridgehead atoms. The fourth-order valence-electron chi connectivity index (χ4n) is 5.19. The molecular formula is C29H32N8O3. The summed E-state index contributed by atoms with van der Waals surface area (Å²) in [5, 5.41) is 14.5. The summed E-state index contributed by atoms with van der Waals surface area (Å²) < 4.78 is 10.3. The van der Waals surface area contributed by atoms with Crippen molar-refractivity contribution in [1.82, 2.24) is 39.3 Å². The monoisotopic (exact) mass is 540 g/mol. The quantitative estimate of drug-likeness (QED) is 0.288. The van der Waals surface area contributed by atoms with Crippen LogP contribution in [0.1, 0.15) is 44.0 Å². The Morgan fingerprint density at radius 3 is 2.40 bits per heavy atom. The van der Waals surface area contributed by atoms with Gasteiger partial charge < -0.3 is 9.30 Å².